The molecule has 168 valence electrons. The molecule has 2 aromatic carbocycles. The Bertz CT molecular complexity index is 1270. The third-order valence-corrected chi connectivity index (χ3v) is 6.67. The Labute approximate surface area is 183 Å². The third kappa shape index (κ3) is 4.47. The molecule has 1 N–H and O–H groups in total. The van der Waals surface area contributed by atoms with Crippen molar-refractivity contribution in [2.75, 3.05) is 17.8 Å². The van der Waals surface area contributed by atoms with Gasteiger partial charge in [0.25, 0.3) is 10.0 Å². The van der Waals surface area contributed by atoms with Crippen molar-refractivity contribution in [2.45, 2.75) is 31.1 Å². The predicted molar refractivity (Wildman–Crippen MR) is 111 cm³/mol. The zero-order valence-corrected chi connectivity index (χ0v) is 18.0. The number of amides is 1. The number of benzene rings is 2. The molecule has 0 spiro atoms. The molecule has 1 fully saturated rings. The highest BCUT2D eigenvalue weighted by Crippen LogP contribution is 2.26. The lowest BCUT2D eigenvalue weighted by Gasteiger charge is -2.24. The maximum atomic E-state index is 13.9. The Morgan fingerprint density at radius 2 is 1.84 bits per heavy atom. The molecule has 1 aliphatic rings. The zero-order valence-electron chi connectivity index (χ0n) is 17.1. The number of aryl methyl sites for hydroxylation is 1. The minimum atomic E-state index is -4.26. The Kier molecular flexibility index (Phi) is 5.92. The third-order valence-electron chi connectivity index (χ3n) is 5.16. The number of halogens is 2. The Hall–Kier alpha value is -3.34. The van der Waals surface area contributed by atoms with Gasteiger partial charge in [-0.25, -0.2) is 17.2 Å². The van der Waals surface area contributed by atoms with Crippen LogP contribution >= 0.6 is 0 Å². The molecular formula is C21H20F2N4O4S. The normalized spacial score (nSPS) is 14.4. The topological polar surface area (TPSA) is 105 Å². The van der Waals surface area contributed by atoms with Crippen LogP contribution in [-0.4, -0.2) is 42.5 Å². The summed E-state index contributed by atoms with van der Waals surface area (Å²) in [5.41, 5.74) is 0.145. The summed E-state index contributed by atoms with van der Waals surface area (Å²) in [4.78, 5) is 18.1. The van der Waals surface area contributed by atoms with Crippen molar-refractivity contribution in [3.8, 4) is 11.4 Å². The Morgan fingerprint density at radius 1 is 1.09 bits per heavy atom. The van der Waals surface area contributed by atoms with Crippen LogP contribution in [0.2, 0.25) is 0 Å². The number of carbonyl (C=O) groups excluding carboxylic acids is 1. The molecule has 1 saturated heterocycles. The summed E-state index contributed by atoms with van der Waals surface area (Å²) < 4.78 is 60.3. The largest absolute Gasteiger partial charge is 0.334 e. The number of piperidine rings is 1. The van der Waals surface area contributed by atoms with Crippen LogP contribution in [0.25, 0.3) is 11.4 Å². The second-order valence-corrected chi connectivity index (χ2v) is 9.14. The molecule has 1 aromatic heterocycles. The first-order valence-corrected chi connectivity index (χ1v) is 11.4. The van der Waals surface area contributed by atoms with Gasteiger partial charge in [0.1, 0.15) is 11.6 Å². The van der Waals surface area contributed by atoms with Crippen LogP contribution in [0.5, 0.6) is 0 Å². The maximum absolute atomic E-state index is 13.9. The number of likely N-dealkylation sites (tertiary alicyclic amines) is 1. The molecular weight excluding hydrogens is 442 g/mol. The first-order valence-electron chi connectivity index (χ1n) is 9.96. The van der Waals surface area contributed by atoms with Gasteiger partial charge in [-0.2, -0.15) is 4.98 Å². The van der Waals surface area contributed by atoms with Crippen molar-refractivity contribution in [2.24, 2.45) is 0 Å². The molecule has 1 amide bonds. The van der Waals surface area contributed by atoms with E-state index in [1.54, 1.807) is 17.9 Å². The Balaban J connectivity index is 1.62. The molecule has 2 heterocycles. The average molecular weight is 462 g/mol. The summed E-state index contributed by atoms with van der Waals surface area (Å²) in [5.74, 6) is -2.20. The first kappa shape index (κ1) is 21.9. The summed E-state index contributed by atoms with van der Waals surface area (Å²) in [7, 11) is -4.26. The van der Waals surface area contributed by atoms with E-state index in [4.69, 9.17) is 4.52 Å². The fraction of sp³-hybridized carbons (Fsp3) is 0.286. The highest BCUT2D eigenvalue weighted by atomic mass is 32.2. The van der Waals surface area contributed by atoms with E-state index >= 15 is 0 Å². The van der Waals surface area contributed by atoms with Gasteiger partial charge in [-0.3, -0.25) is 9.52 Å². The second kappa shape index (κ2) is 8.65. The van der Waals surface area contributed by atoms with Crippen molar-refractivity contribution >= 4 is 21.6 Å². The molecule has 32 heavy (non-hydrogen) atoms. The van der Waals surface area contributed by atoms with E-state index in [0.717, 1.165) is 37.5 Å². The molecule has 4 rings (SSSR count). The quantitative estimate of drug-likeness (QED) is 0.619. The van der Waals surface area contributed by atoms with Gasteiger partial charge in [0, 0.05) is 24.7 Å². The predicted octanol–water partition coefficient (Wildman–Crippen LogP) is 3.75. The molecule has 8 nitrogen and oxygen atoms in total. The van der Waals surface area contributed by atoms with Crippen LogP contribution in [0, 0.1) is 18.6 Å². The Morgan fingerprint density at radius 3 is 2.59 bits per heavy atom. The highest BCUT2D eigenvalue weighted by molar-refractivity contribution is 7.92. The lowest BCUT2D eigenvalue weighted by atomic mass is 10.1. The number of aromatic nitrogens is 2. The number of nitrogens with zero attached hydrogens (tertiary/aromatic N) is 3. The second-order valence-electron chi connectivity index (χ2n) is 7.49. The van der Waals surface area contributed by atoms with Crippen LogP contribution in [0.1, 0.15) is 35.5 Å². The number of carbonyl (C=O) groups is 1. The van der Waals surface area contributed by atoms with Gasteiger partial charge in [-0.05, 0) is 49.9 Å². The van der Waals surface area contributed by atoms with Crippen molar-refractivity contribution < 1.29 is 26.5 Å². The van der Waals surface area contributed by atoms with E-state index in [-0.39, 0.29) is 28.1 Å². The zero-order chi connectivity index (χ0) is 22.9. The summed E-state index contributed by atoms with van der Waals surface area (Å²) in [5, 5.41) is 3.81. The van der Waals surface area contributed by atoms with E-state index in [1.807, 2.05) is 0 Å². The lowest BCUT2D eigenvalue weighted by Crippen LogP contribution is -2.35. The highest BCUT2D eigenvalue weighted by Gasteiger charge is 2.25. The lowest BCUT2D eigenvalue weighted by molar-refractivity contribution is 0.0674. The summed E-state index contributed by atoms with van der Waals surface area (Å²) >= 11 is 0. The molecule has 0 radical (unpaired) electrons. The number of anilines is 1. The maximum Gasteiger partial charge on any atom is 0.316 e. The number of rotatable bonds is 5. The van der Waals surface area contributed by atoms with Crippen LogP contribution in [0.3, 0.4) is 0 Å². The molecule has 0 unspecified atom stereocenters. The fourth-order valence-electron chi connectivity index (χ4n) is 3.46. The van der Waals surface area contributed by atoms with E-state index < -0.39 is 27.3 Å². The van der Waals surface area contributed by atoms with Crippen molar-refractivity contribution in [1.82, 2.24) is 15.0 Å². The average Bonchev–Trinajstić information content (AvgIpc) is 3.26. The number of hydrogen-bond acceptors (Lipinski definition) is 6. The van der Waals surface area contributed by atoms with Gasteiger partial charge in [0.15, 0.2) is 0 Å². The minimum absolute atomic E-state index is 0.0405. The van der Waals surface area contributed by atoms with Crippen LogP contribution in [0.4, 0.5) is 14.5 Å². The SMILES string of the molecule is Cc1ccc(-c2noc(C(=O)N3CCCCC3)n2)cc1S(=O)(=O)Nc1cc(F)ccc1F. The number of hydrogen-bond donors (Lipinski definition) is 1. The van der Waals surface area contributed by atoms with Gasteiger partial charge >= 0.3 is 11.8 Å². The summed E-state index contributed by atoms with van der Waals surface area (Å²) in [6, 6.07) is 6.86. The van der Waals surface area contributed by atoms with Crippen molar-refractivity contribution in [1.29, 1.82) is 0 Å². The van der Waals surface area contributed by atoms with Gasteiger partial charge < -0.3 is 9.42 Å². The molecule has 0 bridgehead atoms. The molecule has 0 aliphatic carbocycles. The van der Waals surface area contributed by atoms with Crippen molar-refractivity contribution in [3.63, 3.8) is 0 Å². The molecule has 0 saturated carbocycles. The van der Waals surface area contributed by atoms with Gasteiger partial charge in [0.2, 0.25) is 5.82 Å². The van der Waals surface area contributed by atoms with E-state index in [0.29, 0.717) is 18.7 Å². The first-order chi connectivity index (χ1) is 15.2. The van der Waals surface area contributed by atoms with Gasteiger partial charge in [-0.1, -0.05) is 17.3 Å². The molecule has 0 atom stereocenters. The van der Waals surface area contributed by atoms with Crippen LogP contribution in [0.15, 0.2) is 45.8 Å². The monoisotopic (exact) mass is 462 g/mol. The molecule has 1 aliphatic heterocycles. The van der Waals surface area contributed by atoms with Gasteiger partial charge in [-0.15, -0.1) is 0 Å². The standard InChI is InChI=1S/C21H20F2N4O4S/c1-13-5-6-14(19-24-20(31-25-19)21(28)27-9-3-2-4-10-27)11-18(13)32(29,30)26-17-12-15(22)7-8-16(17)23/h5-8,11-12,26H,2-4,9-10H2,1H3. The van der Waals surface area contributed by atoms with E-state index in [1.165, 1.54) is 12.1 Å². The van der Waals surface area contributed by atoms with Gasteiger partial charge in [0.05, 0.1) is 10.6 Å². The molecule has 3 aromatic rings. The molecule has 11 heteroatoms. The summed E-state index contributed by atoms with van der Waals surface area (Å²) in [6.45, 7) is 2.79. The van der Waals surface area contributed by atoms with E-state index in [2.05, 4.69) is 14.9 Å². The fourth-order valence-corrected chi connectivity index (χ4v) is 4.79. The smallest absolute Gasteiger partial charge is 0.316 e. The van der Waals surface area contributed by atoms with E-state index in [9.17, 15) is 22.0 Å². The number of sulfonamides is 1. The number of nitrogens with one attached hydrogen (secondary N) is 1. The minimum Gasteiger partial charge on any atom is -0.334 e. The van der Waals surface area contributed by atoms with Crippen LogP contribution in [-0.2, 0) is 10.0 Å². The van der Waals surface area contributed by atoms with Crippen LogP contribution < -0.4 is 4.72 Å². The van der Waals surface area contributed by atoms with Crippen molar-refractivity contribution in [3.05, 3.63) is 59.5 Å². The summed E-state index contributed by atoms with van der Waals surface area (Å²) in [6.07, 6.45) is 2.88.